The predicted molar refractivity (Wildman–Crippen MR) is 76.2 cm³/mol. The zero-order valence-corrected chi connectivity index (χ0v) is 11.1. The monoisotopic (exact) mass is 273 g/mol. The van der Waals surface area contributed by atoms with Gasteiger partial charge in [-0.25, -0.2) is 0 Å². The summed E-state index contributed by atoms with van der Waals surface area (Å²) in [5, 5.41) is 14.3. The molecule has 1 N–H and O–H groups in total. The van der Waals surface area contributed by atoms with Crippen molar-refractivity contribution >= 4 is 11.5 Å². The molecule has 0 radical (unpaired) electrons. The normalized spacial score (nSPS) is 13.4. The lowest BCUT2D eigenvalue weighted by atomic mass is 10.1. The number of nitro groups is 1. The van der Waals surface area contributed by atoms with Crippen LogP contribution in [0.3, 0.4) is 0 Å². The van der Waals surface area contributed by atoms with Gasteiger partial charge in [-0.15, -0.1) is 0 Å². The zero-order valence-electron chi connectivity index (χ0n) is 11.1. The van der Waals surface area contributed by atoms with Crippen LogP contribution in [0.5, 0.6) is 5.75 Å². The Kier molecular flexibility index (Phi) is 3.06. The summed E-state index contributed by atoms with van der Waals surface area (Å²) in [4.78, 5) is 10.8. The van der Waals surface area contributed by atoms with Crippen LogP contribution in [0.1, 0.15) is 6.42 Å². The van der Waals surface area contributed by atoms with E-state index in [1.54, 1.807) is 13.2 Å². The summed E-state index contributed by atoms with van der Waals surface area (Å²) in [7, 11) is 1.61. The molecule has 0 bridgehead atoms. The summed E-state index contributed by atoms with van der Waals surface area (Å²) in [5.74, 6) is 1.37. The Morgan fingerprint density at radius 3 is 2.75 bits per heavy atom. The lowest BCUT2D eigenvalue weighted by Crippen LogP contribution is -2.17. The van der Waals surface area contributed by atoms with Crippen molar-refractivity contribution in [1.82, 2.24) is 4.57 Å². The number of fused-ring (bicyclic) bond motifs is 1. The van der Waals surface area contributed by atoms with Crippen LogP contribution in [0.4, 0.5) is 11.5 Å². The summed E-state index contributed by atoms with van der Waals surface area (Å²) in [6.45, 7) is 1.56. The predicted octanol–water partition coefficient (Wildman–Crippen LogP) is 2.89. The van der Waals surface area contributed by atoms with Gasteiger partial charge in [0.15, 0.2) is 5.82 Å². The number of aromatic nitrogens is 1. The average Bonchev–Trinajstić information content (AvgIpc) is 2.87. The van der Waals surface area contributed by atoms with Crippen molar-refractivity contribution < 1.29 is 9.66 Å². The molecule has 0 amide bonds. The molecule has 0 atom stereocenters. The first kappa shape index (κ1) is 12.5. The topological polar surface area (TPSA) is 69.3 Å². The van der Waals surface area contributed by atoms with Crippen molar-refractivity contribution in [1.29, 1.82) is 0 Å². The first-order chi connectivity index (χ1) is 9.70. The molecule has 1 aromatic heterocycles. The van der Waals surface area contributed by atoms with Gasteiger partial charge in [-0.2, -0.15) is 0 Å². The highest BCUT2D eigenvalue weighted by Crippen LogP contribution is 2.37. The molecule has 0 aliphatic carbocycles. The fraction of sp³-hybridized carbons (Fsp3) is 0.286. The van der Waals surface area contributed by atoms with Crippen molar-refractivity contribution in [3.05, 3.63) is 40.4 Å². The molecule has 0 unspecified atom stereocenters. The summed E-state index contributed by atoms with van der Waals surface area (Å²) in [5.41, 5.74) is 1.95. The van der Waals surface area contributed by atoms with Crippen LogP contribution in [-0.2, 0) is 6.54 Å². The van der Waals surface area contributed by atoms with Crippen LogP contribution >= 0.6 is 0 Å². The highest BCUT2D eigenvalue weighted by atomic mass is 16.6. The Labute approximate surface area is 116 Å². The Morgan fingerprint density at radius 2 is 2.10 bits per heavy atom. The molecule has 3 rings (SSSR count). The second-order valence-corrected chi connectivity index (χ2v) is 4.68. The first-order valence-corrected chi connectivity index (χ1v) is 6.47. The van der Waals surface area contributed by atoms with E-state index in [0.29, 0.717) is 5.82 Å². The molecule has 2 heterocycles. The van der Waals surface area contributed by atoms with Crippen LogP contribution < -0.4 is 10.1 Å². The molecule has 1 aliphatic heterocycles. The fourth-order valence-corrected chi connectivity index (χ4v) is 2.54. The number of methoxy groups -OCH3 is 1. The Bertz CT molecular complexity index is 646. The lowest BCUT2D eigenvalue weighted by molar-refractivity contribution is -0.383. The van der Waals surface area contributed by atoms with Crippen molar-refractivity contribution in [2.45, 2.75) is 13.0 Å². The highest BCUT2D eigenvalue weighted by Gasteiger charge is 2.25. The molecule has 0 fully saturated rings. The molecule has 0 saturated carbocycles. The molecule has 104 valence electrons. The van der Waals surface area contributed by atoms with Gasteiger partial charge in [0.2, 0.25) is 0 Å². The molecule has 2 aromatic rings. The van der Waals surface area contributed by atoms with Crippen LogP contribution in [0.25, 0.3) is 11.3 Å². The van der Waals surface area contributed by atoms with Crippen molar-refractivity contribution in [3.63, 3.8) is 0 Å². The van der Waals surface area contributed by atoms with Gasteiger partial charge in [0.25, 0.3) is 0 Å². The van der Waals surface area contributed by atoms with E-state index in [2.05, 4.69) is 5.32 Å². The zero-order chi connectivity index (χ0) is 14.1. The Hall–Kier alpha value is -2.50. The number of nitrogens with one attached hydrogen (secondary N) is 1. The number of benzene rings is 1. The highest BCUT2D eigenvalue weighted by molar-refractivity contribution is 5.73. The van der Waals surface area contributed by atoms with E-state index in [1.165, 1.54) is 0 Å². The van der Waals surface area contributed by atoms with Gasteiger partial charge in [0.1, 0.15) is 5.75 Å². The standard InChI is InChI=1S/C14H15N3O3/c1-20-11-5-3-10(4-6-11)12-9-13(17(18)19)14-15-7-2-8-16(12)14/h3-6,9,15H,2,7-8H2,1H3. The van der Waals surface area contributed by atoms with E-state index < -0.39 is 0 Å². The summed E-state index contributed by atoms with van der Waals surface area (Å²) in [6, 6.07) is 9.18. The van der Waals surface area contributed by atoms with Crippen LogP contribution in [0, 0.1) is 10.1 Å². The largest absolute Gasteiger partial charge is 0.497 e. The second kappa shape index (κ2) is 4.88. The number of hydrogen-bond acceptors (Lipinski definition) is 4. The first-order valence-electron chi connectivity index (χ1n) is 6.47. The smallest absolute Gasteiger partial charge is 0.311 e. The molecular weight excluding hydrogens is 258 g/mol. The van der Waals surface area contributed by atoms with Gasteiger partial charge in [-0.05, 0) is 36.2 Å². The van der Waals surface area contributed by atoms with Crippen LogP contribution in [0.2, 0.25) is 0 Å². The maximum absolute atomic E-state index is 11.2. The molecule has 1 aliphatic rings. The third kappa shape index (κ3) is 1.99. The molecular formula is C14H15N3O3. The maximum Gasteiger partial charge on any atom is 0.311 e. The van der Waals surface area contributed by atoms with Crippen LogP contribution in [0.15, 0.2) is 30.3 Å². The second-order valence-electron chi connectivity index (χ2n) is 4.68. The van der Waals surface area contributed by atoms with Gasteiger partial charge in [-0.1, -0.05) is 0 Å². The van der Waals surface area contributed by atoms with Crippen molar-refractivity contribution in [2.24, 2.45) is 0 Å². The van der Waals surface area contributed by atoms with Gasteiger partial charge < -0.3 is 14.6 Å². The third-order valence-electron chi connectivity index (χ3n) is 3.51. The minimum absolute atomic E-state index is 0.135. The van der Waals surface area contributed by atoms with Gasteiger partial charge in [0, 0.05) is 19.2 Å². The minimum atomic E-state index is -0.336. The van der Waals surface area contributed by atoms with E-state index in [4.69, 9.17) is 4.74 Å². The minimum Gasteiger partial charge on any atom is -0.497 e. The SMILES string of the molecule is COc1ccc(-c2cc([N+](=O)[O-])c3n2CCCN3)cc1. The third-order valence-corrected chi connectivity index (χ3v) is 3.51. The van der Waals surface area contributed by atoms with E-state index >= 15 is 0 Å². The van der Waals surface area contributed by atoms with E-state index in [1.807, 2.05) is 28.8 Å². The lowest BCUT2D eigenvalue weighted by Gasteiger charge is -2.18. The summed E-state index contributed by atoms with van der Waals surface area (Å²) >= 11 is 0. The molecule has 6 nitrogen and oxygen atoms in total. The molecule has 1 aromatic carbocycles. The number of rotatable bonds is 3. The summed E-state index contributed by atoms with van der Waals surface area (Å²) < 4.78 is 7.11. The number of anilines is 1. The Balaban J connectivity index is 2.10. The fourth-order valence-electron chi connectivity index (χ4n) is 2.54. The molecule has 6 heteroatoms. The Morgan fingerprint density at radius 1 is 1.35 bits per heavy atom. The van der Waals surface area contributed by atoms with E-state index in [9.17, 15) is 10.1 Å². The average molecular weight is 273 g/mol. The number of nitrogens with zero attached hydrogens (tertiary/aromatic N) is 2. The number of ether oxygens (including phenoxy) is 1. The van der Waals surface area contributed by atoms with E-state index in [0.717, 1.165) is 36.5 Å². The van der Waals surface area contributed by atoms with Crippen LogP contribution in [-0.4, -0.2) is 23.1 Å². The van der Waals surface area contributed by atoms with Gasteiger partial charge in [0.05, 0.1) is 17.7 Å². The molecule has 0 saturated heterocycles. The quantitative estimate of drug-likeness (QED) is 0.689. The summed E-state index contributed by atoms with van der Waals surface area (Å²) in [6.07, 6.45) is 0.960. The van der Waals surface area contributed by atoms with E-state index in [-0.39, 0.29) is 10.6 Å². The van der Waals surface area contributed by atoms with Crippen molar-refractivity contribution in [3.8, 4) is 17.0 Å². The van der Waals surface area contributed by atoms with Gasteiger partial charge in [-0.3, -0.25) is 10.1 Å². The van der Waals surface area contributed by atoms with Crippen molar-refractivity contribution in [2.75, 3.05) is 19.0 Å². The number of hydrogen-bond donors (Lipinski definition) is 1. The molecule has 20 heavy (non-hydrogen) atoms. The van der Waals surface area contributed by atoms with Gasteiger partial charge >= 0.3 is 5.69 Å². The maximum atomic E-state index is 11.2. The molecule has 0 spiro atoms.